The molecule has 1 N–H and O–H groups in total. The summed E-state index contributed by atoms with van der Waals surface area (Å²) in [6.07, 6.45) is 1.27. The smallest absolute Gasteiger partial charge is 0.369 e. The largest absolute Gasteiger partial charge is 0.416 e. The Kier molecular flexibility index (Phi) is 9.74. The molecule has 0 bridgehead atoms. The van der Waals surface area contributed by atoms with Crippen LogP contribution in [0.4, 0.5) is 23.2 Å². The van der Waals surface area contributed by atoms with Crippen molar-refractivity contribution in [3.05, 3.63) is 95.6 Å². The fraction of sp³-hybridized carbons (Fsp3) is 0.438. The number of hydrogen-bond donors (Lipinski definition) is 1. The lowest BCUT2D eigenvalue weighted by molar-refractivity contribution is -0.137. The van der Waals surface area contributed by atoms with E-state index in [9.17, 15) is 22.4 Å². The highest BCUT2D eigenvalue weighted by molar-refractivity contribution is 5.75. The van der Waals surface area contributed by atoms with Crippen LogP contribution in [0.1, 0.15) is 36.0 Å². The van der Waals surface area contributed by atoms with Crippen molar-refractivity contribution in [2.24, 2.45) is 5.92 Å². The molecule has 2 saturated heterocycles. The number of hydrogen-bond acceptors (Lipinski definition) is 5. The van der Waals surface area contributed by atoms with Crippen LogP contribution in [0.3, 0.4) is 0 Å². The van der Waals surface area contributed by atoms with Crippen molar-refractivity contribution in [3.63, 3.8) is 0 Å². The SMILES string of the molecule is O=C(CC[C@H]1CN(Cc2cccnc2)CC[C@H]1N1CCN(c2cccc(C(F)(F)F)c2)CC1)NCc1ccccc1F. The molecule has 2 aromatic carbocycles. The molecule has 0 saturated carbocycles. The number of nitrogens with one attached hydrogen (secondary N) is 1. The van der Waals surface area contributed by atoms with Gasteiger partial charge in [-0.25, -0.2) is 4.39 Å². The maximum absolute atomic E-state index is 14.0. The van der Waals surface area contributed by atoms with Gasteiger partial charge in [0.15, 0.2) is 0 Å². The summed E-state index contributed by atoms with van der Waals surface area (Å²) >= 11 is 0. The number of aromatic nitrogens is 1. The van der Waals surface area contributed by atoms with Crippen molar-refractivity contribution in [3.8, 4) is 0 Å². The maximum Gasteiger partial charge on any atom is 0.416 e. The van der Waals surface area contributed by atoms with Crippen LogP contribution in [-0.4, -0.2) is 66.0 Å². The normalized spacial score (nSPS) is 20.4. The minimum atomic E-state index is -4.36. The van der Waals surface area contributed by atoms with Gasteiger partial charge in [0.2, 0.25) is 5.91 Å². The third kappa shape index (κ3) is 7.86. The third-order valence-electron chi connectivity index (χ3n) is 8.40. The Hall–Kier alpha value is -3.50. The van der Waals surface area contributed by atoms with E-state index in [4.69, 9.17) is 0 Å². The molecule has 0 radical (unpaired) electrons. The monoisotopic (exact) mass is 583 g/mol. The molecule has 2 aliphatic rings. The van der Waals surface area contributed by atoms with Gasteiger partial charge in [-0.15, -0.1) is 0 Å². The molecular formula is C32H37F4N5O. The summed E-state index contributed by atoms with van der Waals surface area (Å²) in [6, 6.07) is 16.3. The third-order valence-corrected chi connectivity index (χ3v) is 8.40. The van der Waals surface area contributed by atoms with Gasteiger partial charge in [-0.2, -0.15) is 13.2 Å². The second-order valence-corrected chi connectivity index (χ2v) is 11.2. The number of piperazine rings is 1. The molecule has 0 aliphatic carbocycles. The molecule has 3 heterocycles. The second kappa shape index (κ2) is 13.6. The molecule has 0 spiro atoms. The second-order valence-electron chi connectivity index (χ2n) is 11.2. The number of rotatable bonds is 9. The number of piperidine rings is 1. The van der Waals surface area contributed by atoms with E-state index in [1.807, 2.05) is 17.2 Å². The molecule has 2 fully saturated rings. The quantitative estimate of drug-likeness (QED) is 0.345. The predicted molar refractivity (Wildman–Crippen MR) is 154 cm³/mol. The van der Waals surface area contributed by atoms with Crippen LogP contribution >= 0.6 is 0 Å². The zero-order valence-corrected chi connectivity index (χ0v) is 23.6. The van der Waals surface area contributed by atoms with Gasteiger partial charge >= 0.3 is 6.18 Å². The maximum atomic E-state index is 14.0. The molecule has 42 heavy (non-hydrogen) atoms. The first-order chi connectivity index (χ1) is 20.3. The lowest BCUT2D eigenvalue weighted by atomic mass is 9.86. The van der Waals surface area contributed by atoms with Crippen LogP contribution in [0.15, 0.2) is 73.1 Å². The number of likely N-dealkylation sites (tertiary alicyclic amines) is 1. The zero-order chi connectivity index (χ0) is 29.5. The van der Waals surface area contributed by atoms with E-state index < -0.39 is 11.7 Å². The van der Waals surface area contributed by atoms with Gasteiger partial charge in [-0.05, 0) is 61.2 Å². The molecular weight excluding hydrogens is 546 g/mol. The average Bonchev–Trinajstić information content (AvgIpc) is 3.00. The minimum absolute atomic E-state index is 0.101. The van der Waals surface area contributed by atoms with Gasteiger partial charge in [0.1, 0.15) is 5.82 Å². The van der Waals surface area contributed by atoms with Crippen molar-refractivity contribution in [1.29, 1.82) is 0 Å². The van der Waals surface area contributed by atoms with Crippen molar-refractivity contribution in [1.82, 2.24) is 20.1 Å². The average molecular weight is 584 g/mol. The lowest BCUT2D eigenvalue weighted by Gasteiger charge is -2.47. The van der Waals surface area contributed by atoms with Crippen LogP contribution in [0, 0.1) is 11.7 Å². The molecule has 3 aromatic rings. The van der Waals surface area contributed by atoms with Crippen LogP contribution < -0.4 is 10.2 Å². The van der Waals surface area contributed by atoms with Gasteiger partial charge in [0.05, 0.1) is 5.56 Å². The summed E-state index contributed by atoms with van der Waals surface area (Å²) in [6.45, 7) is 5.50. The Balaban J connectivity index is 1.20. The zero-order valence-electron chi connectivity index (χ0n) is 23.6. The van der Waals surface area contributed by atoms with Crippen LogP contribution in [-0.2, 0) is 24.1 Å². The Bertz CT molecular complexity index is 1310. The number of nitrogens with zero attached hydrogens (tertiary/aromatic N) is 4. The van der Waals surface area contributed by atoms with Gasteiger partial charge < -0.3 is 10.2 Å². The number of benzene rings is 2. The summed E-state index contributed by atoms with van der Waals surface area (Å²) in [5, 5.41) is 2.86. The fourth-order valence-corrected chi connectivity index (χ4v) is 6.18. The molecule has 2 atom stereocenters. The van der Waals surface area contributed by atoms with E-state index >= 15 is 0 Å². The van der Waals surface area contributed by atoms with Gasteiger partial charge in [0.25, 0.3) is 0 Å². The standard InChI is InChI=1S/C32H37F4N5O/c33-29-9-2-1-6-25(29)21-38-31(42)11-10-26-23-39(22-24-5-4-13-37-20-24)14-12-30(26)41-17-15-40(16-18-41)28-8-3-7-27(19-28)32(34,35)36/h1-9,13,19-20,26,30H,10-12,14-18,21-23H2,(H,38,42)/t26-,30+/m0/s1. The summed E-state index contributed by atoms with van der Waals surface area (Å²) in [5.74, 6) is -0.189. The Morgan fingerprint density at radius 1 is 0.976 bits per heavy atom. The van der Waals surface area contributed by atoms with Crippen molar-refractivity contribution < 1.29 is 22.4 Å². The first-order valence-corrected chi connectivity index (χ1v) is 14.5. The molecule has 5 rings (SSSR count). The predicted octanol–water partition coefficient (Wildman–Crippen LogP) is 5.35. The van der Waals surface area contributed by atoms with E-state index in [0.717, 1.165) is 50.8 Å². The molecule has 0 unspecified atom stereocenters. The minimum Gasteiger partial charge on any atom is -0.369 e. The van der Waals surface area contributed by atoms with E-state index in [1.165, 1.54) is 18.2 Å². The van der Waals surface area contributed by atoms with E-state index in [1.54, 1.807) is 30.5 Å². The number of carbonyl (C=O) groups excluding carboxylic acids is 1. The Morgan fingerprint density at radius 2 is 1.79 bits per heavy atom. The topological polar surface area (TPSA) is 51.7 Å². The number of halogens is 4. The summed E-state index contributed by atoms with van der Waals surface area (Å²) in [4.78, 5) is 23.9. The summed E-state index contributed by atoms with van der Waals surface area (Å²) in [5.41, 5.74) is 1.57. The number of carbonyl (C=O) groups is 1. The highest BCUT2D eigenvalue weighted by Gasteiger charge is 2.35. The number of alkyl halides is 3. The van der Waals surface area contributed by atoms with Crippen molar-refractivity contribution in [2.45, 2.75) is 44.6 Å². The Morgan fingerprint density at radius 3 is 2.52 bits per heavy atom. The molecule has 6 nitrogen and oxygen atoms in total. The highest BCUT2D eigenvalue weighted by atomic mass is 19.4. The molecule has 1 amide bonds. The summed E-state index contributed by atoms with van der Waals surface area (Å²) in [7, 11) is 0. The van der Waals surface area contributed by atoms with E-state index in [2.05, 4.69) is 26.2 Å². The van der Waals surface area contributed by atoms with Gasteiger partial charge in [0, 0.05) is 81.9 Å². The van der Waals surface area contributed by atoms with Crippen LogP contribution in [0.5, 0.6) is 0 Å². The van der Waals surface area contributed by atoms with Crippen LogP contribution in [0.2, 0.25) is 0 Å². The van der Waals surface area contributed by atoms with Crippen molar-refractivity contribution >= 4 is 11.6 Å². The van der Waals surface area contributed by atoms with Crippen LogP contribution in [0.25, 0.3) is 0 Å². The number of pyridine rings is 1. The fourth-order valence-electron chi connectivity index (χ4n) is 6.18. The molecule has 1 aromatic heterocycles. The van der Waals surface area contributed by atoms with E-state index in [0.29, 0.717) is 37.2 Å². The molecule has 10 heteroatoms. The summed E-state index contributed by atoms with van der Waals surface area (Å²) < 4.78 is 53.7. The van der Waals surface area contributed by atoms with Crippen molar-refractivity contribution in [2.75, 3.05) is 44.2 Å². The van der Waals surface area contributed by atoms with Gasteiger partial charge in [-0.1, -0.05) is 30.3 Å². The Labute approximate surface area is 244 Å². The molecule has 2 aliphatic heterocycles. The lowest BCUT2D eigenvalue weighted by Crippen LogP contribution is -2.56. The first kappa shape index (κ1) is 30.0. The number of amides is 1. The van der Waals surface area contributed by atoms with E-state index in [-0.39, 0.29) is 30.2 Å². The first-order valence-electron chi connectivity index (χ1n) is 14.5. The van der Waals surface area contributed by atoms with Gasteiger partial charge in [-0.3, -0.25) is 19.6 Å². The molecule has 224 valence electrons. The number of anilines is 1. The highest BCUT2D eigenvalue weighted by Crippen LogP contribution is 2.33.